The molecule has 2 saturated heterocycles. The second-order valence-electron chi connectivity index (χ2n) is 16.8. The van der Waals surface area contributed by atoms with Crippen molar-refractivity contribution >= 4 is 52.9 Å². The third-order valence-electron chi connectivity index (χ3n) is 12.1. The number of hydrogen-bond acceptors (Lipinski definition) is 10. The Morgan fingerprint density at radius 2 is 1.91 bits per heavy atom. The second kappa shape index (κ2) is 16.3. The molecule has 3 N–H and O–H groups in total. The minimum absolute atomic E-state index is 0. The number of aryl methyl sites for hydroxylation is 1. The first-order valence-corrected chi connectivity index (χ1v) is 20.0. The lowest BCUT2D eigenvalue weighted by Crippen LogP contribution is -2.56. The van der Waals surface area contributed by atoms with Crippen LogP contribution in [0.15, 0.2) is 60.2 Å². The van der Waals surface area contributed by atoms with Gasteiger partial charge in [-0.05, 0) is 86.9 Å². The van der Waals surface area contributed by atoms with Crippen LogP contribution in [0.4, 0.5) is 28.7 Å². The summed E-state index contributed by atoms with van der Waals surface area (Å²) in [5.74, 6) is -0.0707. The predicted octanol–water partition coefficient (Wildman–Crippen LogP) is 5.29. The molecule has 308 valence electrons. The molecule has 3 aromatic heterocycles. The molecule has 0 spiro atoms. The van der Waals surface area contributed by atoms with E-state index in [0.717, 1.165) is 57.6 Å². The van der Waals surface area contributed by atoms with Gasteiger partial charge in [0.1, 0.15) is 11.5 Å². The van der Waals surface area contributed by atoms with Gasteiger partial charge in [0, 0.05) is 93.4 Å². The van der Waals surface area contributed by atoms with Gasteiger partial charge in [0.2, 0.25) is 5.91 Å². The molecule has 3 aliphatic heterocycles. The van der Waals surface area contributed by atoms with Gasteiger partial charge in [-0.1, -0.05) is 20.4 Å². The van der Waals surface area contributed by atoms with E-state index in [9.17, 15) is 19.5 Å². The van der Waals surface area contributed by atoms with E-state index in [1.165, 1.54) is 21.9 Å². The molecule has 0 bridgehead atoms. The number of nitrogens with one attached hydrogen (secondary N) is 2. The van der Waals surface area contributed by atoms with E-state index in [2.05, 4.69) is 64.3 Å². The number of pyridine rings is 1. The van der Waals surface area contributed by atoms with Crippen molar-refractivity contribution in [2.45, 2.75) is 84.7 Å². The zero-order valence-corrected chi connectivity index (χ0v) is 34.8. The molecule has 0 radical (unpaired) electrons. The molecular formula is C43H54ClN9O5. The number of aromatic nitrogens is 4. The number of carbonyl (C=O) groups excluding carboxylic acids is 2. The molecule has 15 heteroatoms. The van der Waals surface area contributed by atoms with Gasteiger partial charge in [0.25, 0.3) is 11.5 Å². The van der Waals surface area contributed by atoms with Crippen molar-refractivity contribution in [3.63, 3.8) is 0 Å². The lowest BCUT2D eigenvalue weighted by Gasteiger charge is -2.46. The number of benzene rings is 1. The van der Waals surface area contributed by atoms with Crippen LogP contribution < -0.4 is 26.0 Å². The number of hydrogen-bond donors (Lipinski definition) is 3. The topological polar surface area (TPSA) is 150 Å². The number of aliphatic hydroxyl groups is 1. The van der Waals surface area contributed by atoms with Crippen molar-refractivity contribution in [3.05, 3.63) is 88.2 Å². The minimum atomic E-state index is -0.393. The summed E-state index contributed by atoms with van der Waals surface area (Å²) in [6, 6.07) is 10.1. The zero-order valence-electron chi connectivity index (χ0n) is 34.0. The highest BCUT2D eigenvalue weighted by atomic mass is 35.5. The summed E-state index contributed by atoms with van der Waals surface area (Å²) in [5.41, 5.74) is 6.34. The van der Waals surface area contributed by atoms with Gasteiger partial charge in [-0.2, -0.15) is 0 Å². The van der Waals surface area contributed by atoms with Gasteiger partial charge in [0.05, 0.1) is 29.8 Å². The molecule has 4 aromatic rings. The highest BCUT2D eigenvalue weighted by Crippen LogP contribution is 2.40. The number of nitrogens with zero attached hydrogens (tertiary/aromatic N) is 7. The van der Waals surface area contributed by atoms with Crippen LogP contribution in [0.25, 0.3) is 11.3 Å². The van der Waals surface area contributed by atoms with Crippen LogP contribution in [-0.4, -0.2) is 91.9 Å². The highest BCUT2D eigenvalue weighted by Gasteiger charge is 2.38. The number of amides is 2. The van der Waals surface area contributed by atoms with Crippen molar-refractivity contribution in [1.29, 1.82) is 0 Å². The van der Waals surface area contributed by atoms with Gasteiger partial charge in [-0.25, -0.2) is 9.97 Å². The Hall–Kier alpha value is -5.02. The Kier molecular flexibility index (Phi) is 11.6. The number of rotatable bonds is 9. The zero-order chi connectivity index (χ0) is 40.2. The van der Waals surface area contributed by atoms with E-state index in [1.54, 1.807) is 30.4 Å². The number of piperazine rings is 1. The fourth-order valence-electron chi connectivity index (χ4n) is 9.31. The molecule has 58 heavy (non-hydrogen) atoms. The fraction of sp³-hybridized carbons (Fsp3) is 0.465. The molecule has 0 unspecified atom stereocenters. The molecular weight excluding hydrogens is 758 g/mol. The van der Waals surface area contributed by atoms with Crippen LogP contribution in [0.2, 0.25) is 0 Å². The summed E-state index contributed by atoms with van der Waals surface area (Å²) >= 11 is 0. The Labute approximate surface area is 345 Å². The summed E-state index contributed by atoms with van der Waals surface area (Å²) in [7, 11) is 1.64. The van der Waals surface area contributed by atoms with E-state index in [1.807, 2.05) is 24.3 Å². The van der Waals surface area contributed by atoms with Crippen molar-refractivity contribution < 1.29 is 19.4 Å². The van der Waals surface area contributed by atoms with E-state index < -0.39 is 6.61 Å². The van der Waals surface area contributed by atoms with Crippen LogP contribution in [0.5, 0.6) is 0 Å². The first kappa shape index (κ1) is 41.2. The maximum atomic E-state index is 14.0. The van der Waals surface area contributed by atoms with E-state index in [4.69, 9.17) is 9.72 Å². The first-order chi connectivity index (χ1) is 27.3. The first-order valence-electron chi connectivity index (χ1n) is 20.0. The smallest absolute Gasteiger partial charge is 0.293 e. The Balaban J connectivity index is 0.00000512. The van der Waals surface area contributed by atoms with Crippen molar-refractivity contribution in [1.82, 2.24) is 24.0 Å². The van der Waals surface area contributed by atoms with Crippen LogP contribution in [0.3, 0.4) is 0 Å². The highest BCUT2D eigenvalue weighted by molar-refractivity contribution is 6.06. The van der Waals surface area contributed by atoms with E-state index >= 15 is 0 Å². The van der Waals surface area contributed by atoms with Crippen molar-refractivity contribution in [2.75, 3.05) is 53.2 Å². The maximum absolute atomic E-state index is 14.0. The SMILES string of the molecule is C=CC(=O)Nc1cc(Nc2nc(-c3ccnc(N4CCn5c(cc6c5CC(C)(C)C6)C4=O)c3CO)cn(C)c2=O)ccc1N1CCN([C@@H]2CCO[C@H](C)C2)C[C@@H]1C.Cl. The minimum Gasteiger partial charge on any atom is -0.392 e. The summed E-state index contributed by atoms with van der Waals surface area (Å²) in [6.07, 6.45) is 8.64. The number of anilines is 5. The number of fused-ring (bicyclic) bond motifs is 3. The third-order valence-corrected chi connectivity index (χ3v) is 12.1. The van der Waals surface area contributed by atoms with Gasteiger partial charge in [-0.3, -0.25) is 24.2 Å². The Morgan fingerprint density at radius 3 is 2.66 bits per heavy atom. The monoisotopic (exact) mass is 811 g/mol. The molecule has 6 heterocycles. The maximum Gasteiger partial charge on any atom is 0.293 e. The normalized spacial score (nSPS) is 21.6. The largest absolute Gasteiger partial charge is 0.392 e. The van der Waals surface area contributed by atoms with Crippen LogP contribution in [0.1, 0.15) is 67.8 Å². The average Bonchev–Trinajstić information content (AvgIpc) is 3.68. The molecule has 3 atom stereocenters. The summed E-state index contributed by atoms with van der Waals surface area (Å²) in [6.45, 7) is 16.5. The van der Waals surface area contributed by atoms with Gasteiger partial charge >= 0.3 is 0 Å². The van der Waals surface area contributed by atoms with Crippen LogP contribution >= 0.6 is 12.4 Å². The van der Waals surface area contributed by atoms with Gasteiger partial charge in [-0.15, -0.1) is 12.4 Å². The molecule has 4 aliphatic rings. The van der Waals surface area contributed by atoms with Crippen LogP contribution in [0, 0.1) is 5.41 Å². The number of aliphatic hydroxyl groups excluding tert-OH is 1. The molecule has 2 amide bonds. The number of carbonyl (C=O) groups is 2. The van der Waals surface area contributed by atoms with Crippen molar-refractivity contribution in [3.8, 4) is 11.3 Å². The summed E-state index contributed by atoms with van der Waals surface area (Å²) < 4.78 is 9.38. The van der Waals surface area contributed by atoms with Crippen molar-refractivity contribution in [2.24, 2.45) is 12.5 Å². The predicted molar refractivity (Wildman–Crippen MR) is 229 cm³/mol. The third kappa shape index (κ3) is 7.78. The standard InChI is InChI=1S/C43H53N9O5.ClH/c1-7-38(54)46-33-20-29(8-9-35(33)50-14-13-49(23-26(50)2)30-11-17-57-27(3)18-30)45-39-42(56)48(6)24-34(47-39)31-10-12-44-40(32(31)25-53)52-16-15-51-36(41(52)55)19-28-21-43(4,5)22-37(28)51;/h7-10,12,19-20,24,26-27,30,53H,1,11,13-18,21-23,25H2,2-6H3,(H,45,47)(H,46,54);1H/t26-,27+,30+;/m0./s1. The molecule has 8 rings (SSSR count). The molecule has 1 aromatic carbocycles. The number of ether oxygens (including phenoxy) is 1. The number of halogens is 1. The second-order valence-corrected chi connectivity index (χ2v) is 16.8. The van der Waals surface area contributed by atoms with Gasteiger partial charge < -0.3 is 34.5 Å². The molecule has 1 aliphatic carbocycles. The molecule has 14 nitrogen and oxygen atoms in total. The Morgan fingerprint density at radius 1 is 1.10 bits per heavy atom. The lowest BCUT2D eigenvalue weighted by atomic mass is 9.90. The van der Waals surface area contributed by atoms with E-state index in [-0.39, 0.29) is 53.2 Å². The molecule has 2 fully saturated rings. The quantitative estimate of drug-likeness (QED) is 0.191. The lowest BCUT2D eigenvalue weighted by molar-refractivity contribution is -0.111. The summed E-state index contributed by atoms with van der Waals surface area (Å²) in [5, 5.41) is 17.0. The average molecular weight is 812 g/mol. The summed E-state index contributed by atoms with van der Waals surface area (Å²) in [4.78, 5) is 56.1. The van der Waals surface area contributed by atoms with Crippen LogP contribution in [-0.2, 0) is 42.6 Å². The fourth-order valence-corrected chi connectivity index (χ4v) is 9.31. The molecule has 0 saturated carbocycles. The van der Waals surface area contributed by atoms with Gasteiger partial charge in [0.15, 0.2) is 5.82 Å². The Bertz CT molecular complexity index is 2300. The van der Waals surface area contributed by atoms with E-state index in [0.29, 0.717) is 58.8 Å².